The molecular weight excluding hydrogens is 326 g/mol. The Hall–Kier alpha value is -0.520. The normalized spacial score (nSPS) is 16.9. The van der Waals surface area contributed by atoms with Crippen LogP contribution < -0.4 is 0 Å². The van der Waals surface area contributed by atoms with E-state index in [0.29, 0.717) is 23.2 Å². The molecular formula is C18H29NO2S2. The van der Waals surface area contributed by atoms with Crippen LogP contribution in [0.25, 0.3) is 0 Å². The molecule has 0 aliphatic carbocycles. The summed E-state index contributed by atoms with van der Waals surface area (Å²) in [5.41, 5.74) is 3.17. The molecule has 23 heavy (non-hydrogen) atoms. The highest BCUT2D eigenvalue weighted by Crippen LogP contribution is 2.37. The maximum Gasteiger partial charge on any atom is 0.244 e. The molecule has 1 aromatic carbocycles. The van der Waals surface area contributed by atoms with Gasteiger partial charge >= 0.3 is 0 Å². The van der Waals surface area contributed by atoms with Gasteiger partial charge in [0.05, 0.1) is 10.8 Å². The summed E-state index contributed by atoms with van der Waals surface area (Å²) >= 11 is 1.69. The number of thioether (sulfide) groups is 1. The van der Waals surface area contributed by atoms with Crippen LogP contribution in [0.1, 0.15) is 76.0 Å². The molecule has 0 spiro atoms. The van der Waals surface area contributed by atoms with Crippen LogP contribution in [0, 0.1) is 0 Å². The van der Waals surface area contributed by atoms with Crippen molar-refractivity contribution in [2.75, 3.05) is 18.2 Å². The van der Waals surface area contributed by atoms with Crippen molar-refractivity contribution in [2.45, 2.75) is 64.2 Å². The van der Waals surface area contributed by atoms with Gasteiger partial charge in [0.25, 0.3) is 0 Å². The van der Waals surface area contributed by atoms with Crippen molar-refractivity contribution in [1.82, 2.24) is 4.31 Å². The summed E-state index contributed by atoms with van der Waals surface area (Å²) in [7, 11) is -3.42. The van der Waals surface area contributed by atoms with Gasteiger partial charge in [-0.2, -0.15) is 4.31 Å². The molecule has 0 aromatic heterocycles. The van der Waals surface area contributed by atoms with Crippen molar-refractivity contribution in [3.8, 4) is 0 Å². The first kappa shape index (κ1) is 18.8. The minimum Gasteiger partial charge on any atom is -0.207 e. The first-order valence-electron chi connectivity index (χ1n) is 8.41. The molecule has 0 bridgehead atoms. The van der Waals surface area contributed by atoms with Crippen molar-refractivity contribution in [3.05, 3.63) is 28.8 Å². The first-order valence-corrected chi connectivity index (χ1v) is 11.0. The van der Waals surface area contributed by atoms with Gasteiger partial charge in [-0.3, -0.25) is 0 Å². The highest BCUT2D eigenvalue weighted by atomic mass is 32.2. The summed E-state index contributed by atoms with van der Waals surface area (Å²) in [5.74, 6) is 2.22. The summed E-state index contributed by atoms with van der Waals surface area (Å²) in [6.45, 7) is 13.3. The van der Waals surface area contributed by atoms with E-state index in [2.05, 4.69) is 53.7 Å². The van der Waals surface area contributed by atoms with E-state index in [1.807, 2.05) is 0 Å². The van der Waals surface area contributed by atoms with Crippen LogP contribution >= 0.6 is 11.8 Å². The van der Waals surface area contributed by atoms with Crippen LogP contribution in [0.2, 0.25) is 0 Å². The van der Waals surface area contributed by atoms with E-state index in [1.165, 1.54) is 5.56 Å². The quantitative estimate of drug-likeness (QED) is 0.765. The maximum absolute atomic E-state index is 13.3. The minimum absolute atomic E-state index is 0.186. The van der Waals surface area contributed by atoms with Crippen LogP contribution in [0.4, 0.5) is 0 Å². The van der Waals surface area contributed by atoms with Crippen LogP contribution in [0.3, 0.4) is 0 Å². The Bertz CT molecular complexity index is 629. The van der Waals surface area contributed by atoms with Crippen molar-refractivity contribution in [3.63, 3.8) is 0 Å². The zero-order chi connectivity index (χ0) is 17.4. The second kappa shape index (κ2) is 7.16. The number of benzene rings is 1. The van der Waals surface area contributed by atoms with E-state index in [0.717, 1.165) is 16.9 Å². The molecule has 5 heteroatoms. The molecule has 0 radical (unpaired) electrons. The lowest BCUT2D eigenvalue weighted by Crippen LogP contribution is -2.30. The molecule has 1 aromatic rings. The van der Waals surface area contributed by atoms with Crippen LogP contribution in [-0.2, 0) is 10.0 Å². The molecule has 0 unspecified atom stereocenters. The third kappa shape index (κ3) is 3.77. The molecule has 1 heterocycles. The third-order valence-corrected chi connectivity index (χ3v) is 7.51. The van der Waals surface area contributed by atoms with Gasteiger partial charge in [0.2, 0.25) is 10.0 Å². The molecule has 1 fully saturated rings. The predicted octanol–water partition coefficient (Wildman–Crippen LogP) is 4.75. The SMILES string of the molecule is CC(C)c1cc(C(C)C)c(S(=O)(=O)N2CCSC2)c(C(C)C)c1. The molecule has 0 atom stereocenters. The lowest BCUT2D eigenvalue weighted by Gasteiger charge is -2.25. The fraction of sp³-hybridized carbons (Fsp3) is 0.667. The number of hydrogen-bond donors (Lipinski definition) is 0. The number of hydrogen-bond acceptors (Lipinski definition) is 3. The van der Waals surface area contributed by atoms with E-state index < -0.39 is 10.0 Å². The van der Waals surface area contributed by atoms with E-state index in [9.17, 15) is 8.42 Å². The average molecular weight is 356 g/mol. The summed E-state index contributed by atoms with van der Waals surface area (Å²) in [6, 6.07) is 4.22. The van der Waals surface area contributed by atoms with E-state index in [1.54, 1.807) is 16.1 Å². The Balaban J connectivity index is 2.73. The van der Waals surface area contributed by atoms with Gasteiger partial charge in [0, 0.05) is 12.3 Å². The molecule has 3 nitrogen and oxygen atoms in total. The molecule has 130 valence electrons. The Morgan fingerprint density at radius 1 is 0.957 bits per heavy atom. The highest BCUT2D eigenvalue weighted by molar-refractivity contribution is 8.00. The molecule has 0 amide bonds. The van der Waals surface area contributed by atoms with Crippen LogP contribution in [-0.4, -0.2) is 30.9 Å². The third-order valence-electron chi connectivity index (χ3n) is 4.40. The summed E-state index contributed by atoms with van der Waals surface area (Å²) in [5, 5.41) is 0. The zero-order valence-electron chi connectivity index (χ0n) is 15.1. The first-order chi connectivity index (χ1) is 10.7. The van der Waals surface area contributed by atoms with Gasteiger partial charge in [-0.1, -0.05) is 53.7 Å². The predicted molar refractivity (Wildman–Crippen MR) is 99.9 cm³/mol. The molecule has 1 saturated heterocycles. The molecule has 2 rings (SSSR count). The standard InChI is InChI=1S/C18H29NO2S2/c1-12(2)15-9-16(13(3)4)18(17(10-15)14(5)6)23(20,21)19-7-8-22-11-19/h9-10,12-14H,7-8,11H2,1-6H3. The van der Waals surface area contributed by atoms with Gasteiger partial charge < -0.3 is 0 Å². The lowest BCUT2D eigenvalue weighted by molar-refractivity contribution is 0.486. The van der Waals surface area contributed by atoms with Crippen LogP contribution in [0.5, 0.6) is 0 Å². The zero-order valence-corrected chi connectivity index (χ0v) is 16.7. The van der Waals surface area contributed by atoms with Gasteiger partial charge in [0.15, 0.2) is 0 Å². The van der Waals surface area contributed by atoms with E-state index >= 15 is 0 Å². The molecule has 0 N–H and O–H groups in total. The van der Waals surface area contributed by atoms with Gasteiger partial charge in [-0.15, -0.1) is 11.8 Å². The van der Waals surface area contributed by atoms with Gasteiger partial charge in [-0.05, 0) is 34.4 Å². The Labute approximate surface area is 145 Å². The second-order valence-corrected chi connectivity index (χ2v) is 10.2. The number of rotatable bonds is 5. The fourth-order valence-corrected chi connectivity index (χ4v) is 6.38. The van der Waals surface area contributed by atoms with Crippen LogP contribution in [0.15, 0.2) is 17.0 Å². The van der Waals surface area contributed by atoms with Crippen molar-refractivity contribution in [1.29, 1.82) is 0 Å². The lowest BCUT2D eigenvalue weighted by atomic mass is 9.89. The molecule has 1 aliphatic rings. The topological polar surface area (TPSA) is 37.4 Å². The highest BCUT2D eigenvalue weighted by Gasteiger charge is 2.33. The number of nitrogens with zero attached hydrogens (tertiary/aromatic N) is 1. The summed E-state index contributed by atoms with van der Waals surface area (Å²) in [4.78, 5) is 0.564. The van der Waals surface area contributed by atoms with E-state index in [-0.39, 0.29) is 11.8 Å². The summed E-state index contributed by atoms with van der Waals surface area (Å²) < 4.78 is 28.2. The van der Waals surface area contributed by atoms with Gasteiger partial charge in [-0.25, -0.2) is 8.42 Å². The second-order valence-electron chi connectivity index (χ2n) is 7.21. The van der Waals surface area contributed by atoms with Crippen molar-refractivity contribution >= 4 is 21.8 Å². The van der Waals surface area contributed by atoms with Crippen molar-refractivity contribution < 1.29 is 8.42 Å². The Morgan fingerprint density at radius 3 is 1.83 bits per heavy atom. The van der Waals surface area contributed by atoms with Gasteiger partial charge in [0.1, 0.15) is 0 Å². The maximum atomic E-state index is 13.3. The number of sulfonamides is 1. The molecule has 0 saturated carbocycles. The van der Waals surface area contributed by atoms with E-state index in [4.69, 9.17) is 0 Å². The minimum atomic E-state index is -3.42. The molecule has 1 aliphatic heterocycles. The monoisotopic (exact) mass is 355 g/mol. The Morgan fingerprint density at radius 2 is 1.48 bits per heavy atom. The fourth-order valence-electron chi connectivity index (χ4n) is 2.90. The smallest absolute Gasteiger partial charge is 0.207 e. The largest absolute Gasteiger partial charge is 0.244 e. The average Bonchev–Trinajstić information content (AvgIpc) is 3.00. The summed E-state index contributed by atoms with van der Waals surface area (Å²) in [6.07, 6.45) is 0. The van der Waals surface area contributed by atoms with Crippen molar-refractivity contribution in [2.24, 2.45) is 0 Å². The Kier molecular flexibility index (Phi) is 5.85.